The van der Waals surface area contributed by atoms with E-state index < -0.39 is 0 Å². The van der Waals surface area contributed by atoms with Gasteiger partial charge in [-0.3, -0.25) is 0 Å². The molecule has 0 amide bonds. The van der Waals surface area contributed by atoms with Crippen LogP contribution in [-0.2, 0) is 0 Å². The second-order valence-corrected chi connectivity index (χ2v) is 13.0. The van der Waals surface area contributed by atoms with Crippen molar-refractivity contribution < 1.29 is 0 Å². The van der Waals surface area contributed by atoms with Crippen LogP contribution in [0.25, 0.3) is 88.4 Å². The molecule has 8 aromatic carbocycles. The van der Waals surface area contributed by atoms with Gasteiger partial charge in [-0.2, -0.15) is 0 Å². The van der Waals surface area contributed by atoms with E-state index in [4.69, 9.17) is 0 Å². The van der Waals surface area contributed by atoms with Gasteiger partial charge in [0.05, 0.1) is 22.1 Å². The molecule has 0 radical (unpaired) electrons. The molecule has 0 bridgehead atoms. The Morgan fingerprint density at radius 2 is 0.620 bits per heavy atom. The Hall–Kier alpha value is -6.64. The molecule has 0 saturated carbocycles. The first-order chi connectivity index (χ1) is 24.8. The lowest BCUT2D eigenvalue weighted by atomic mass is 9.99. The topological polar surface area (TPSA) is 9.86 Å². The van der Waals surface area contributed by atoms with Gasteiger partial charge in [0.15, 0.2) is 0 Å². The highest BCUT2D eigenvalue weighted by Crippen LogP contribution is 2.38. The molecule has 0 saturated heterocycles. The van der Waals surface area contributed by atoms with Gasteiger partial charge in [-0.15, -0.1) is 0 Å². The number of fused-ring (bicyclic) bond motifs is 6. The molecule has 10 aromatic rings. The maximum absolute atomic E-state index is 2.43. The normalized spacial score (nSPS) is 11.6. The molecule has 0 spiro atoms. The fraction of sp³-hybridized carbons (Fsp3) is 0. The Kier molecular flexibility index (Phi) is 6.53. The van der Waals surface area contributed by atoms with Gasteiger partial charge >= 0.3 is 0 Å². The predicted octanol–water partition coefficient (Wildman–Crippen LogP) is 12.9. The number of benzene rings is 8. The summed E-state index contributed by atoms with van der Waals surface area (Å²) in [5.74, 6) is 0. The van der Waals surface area contributed by atoms with E-state index in [-0.39, 0.29) is 0 Å². The average Bonchev–Trinajstić information content (AvgIpc) is 3.71. The van der Waals surface area contributed by atoms with Gasteiger partial charge in [0.1, 0.15) is 0 Å². The molecule has 0 atom stereocenters. The molecule has 234 valence electrons. The highest BCUT2D eigenvalue weighted by molar-refractivity contribution is 6.12. The molecule has 0 unspecified atom stereocenters. The van der Waals surface area contributed by atoms with Gasteiger partial charge in [0, 0.05) is 32.9 Å². The number of para-hydroxylation sites is 3. The van der Waals surface area contributed by atoms with Crippen molar-refractivity contribution in [2.75, 3.05) is 0 Å². The van der Waals surface area contributed by atoms with E-state index in [0.29, 0.717) is 0 Å². The molecule has 2 heteroatoms. The summed E-state index contributed by atoms with van der Waals surface area (Å²) in [7, 11) is 0. The SMILES string of the molecule is c1ccc(-c2cccc(-c3cccc(-n4c5ccccc5c5ccc(-c6ccc7c8ccccc8n(-c8ccccc8)c7c6)cc54)c3)c2)cc1. The highest BCUT2D eigenvalue weighted by atomic mass is 15.0. The molecule has 10 rings (SSSR count). The first-order valence-electron chi connectivity index (χ1n) is 17.2. The van der Waals surface area contributed by atoms with Crippen LogP contribution in [0.5, 0.6) is 0 Å². The van der Waals surface area contributed by atoms with Gasteiger partial charge in [-0.1, -0.05) is 140 Å². The third kappa shape index (κ3) is 4.57. The molecule has 0 N–H and O–H groups in total. The van der Waals surface area contributed by atoms with Crippen molar-refractivity contribution in [2.45, 2.75) is 0 Å². The number of hydrogen-bond donors (Lipinski definition) is 0. The smallest absolute Gasteiger partial charge is 0.0547 e. The van der Waals surface area contributed by atoms with Crippen LogP contribution in [0.1, 0.15) is 0 Å². The zero-order valence-corrected chi connectivity index (χ0v) is 27.4. The summed E-state index contributed by atoms with van der Waals surface area (Å²) in [6.07, 6.45) is 0. The first-order valence-corrected chi connectivity index (χ1v) is 17.2. The molecule has 0 aliphatic rings. The minimum atomic E-state index is 1.15. The van der Waals surface area contributed by atoms with E-state index in [1.54, 1.807) is 0 Å². The Labute approximate surface area is 290 Å². The van der Waals surface area contributed by atoms with Crippen LogP contribution >= 0.6 is 0 Å². The third-order valence-corrected chi connectivity index (χ3v) is 10.1. The summed E-state index contributed by atoms with van der Waals surface area (Å²) < 4.78 is 4.82. The maximum Gasteiger partial charge on any atom is 0.0547 e. The van der Waals surface area contributed by atoms with Crippen LogP contribution in [0.4, 0.5) is 0 Å². The summed E-state index contributed by atoms with van der Waals surface area (Å²) in [5, 5.41) is 5.03. The Morgan fingerprint density at radius 1 is 0.220 bits per heavy atom. The second-order valence-electron chi connectivity index (χ2n) is 13.0. The van der Waals surface area contributed by atoms with E-state index >= 15 is 0 Å². The lowest BCUT2D eigenvalue weighted by molar-refractivity contribution is 1.18. The highest BCUT2D eigenvalue weighted by Gasteiger charge is 2.16. The summed E-state index contributed by atoms with van der Waals surface area (Å²) >= 11 is 0. The van der Waals surface area contributed by atoms with Gasteiger partial charge in [-0.05, 0) is 88.0 Å². The Bertz CT molecular complexity index is 2860. The molecular weight excluding hydrogens is 605 g/mol. The zero-order valence-electron chi connectivity index (χ0n) is 27.4. The van der Waals surface area contributed by atoms with E-state index in [0.717, 1.165) is 5.69 Å². The molecular formula is C48H32N2. The van der Waals surface area contributed by atoms with Crippen molar-refractivity contribution in [2.24, 2.45) is 0 Å². The van der Waals surface area contributed by atoms with Gasteiger partial charge in [-0.25, -0.2) is 0 Å². The molecule has 50 heavy (non-hydrogen) atoms. The first kappa shape index (κ1) is 28.4. The van der Waals surface area contributed by atoms with Gasteiger partial charge < -0.3 is 9.13 Å². The number of nitrogens with zero attached hydrogens (tertiary/aromatic N) is 2. The van der Waals surface area contributed by atoms with Crippen molar-refractivity contribution in [3.8, 4) is 44.8 Å². The average molecular weight is 637 g/mol. The van der Waals surface area contributed by atoms with Crippen LogP contribution in [0.3, 0.4) is 0 Å². The van der Waals surface area contributed by atoms with Gasteiger partial charge in [0.25, 0.3) is 0 Å². The fourth-order valence-electron chi connectivity index (χ4n) is 7.77. The summed E-state index contributed by atoms with van der Waals surface area (Å²) in [4.78, 5) is 0. The molecule has 0 aliphatic heterocycles. The lowest BCUT2D eigenvalue weighted by Crippen LogP contribution is -1.95. The van der Waals surface area contributed by atoms with E-state index in [2.05, 4.69) is 203 Å². The standard InChI is InChI=1S/C48H32N2/c1-3-13-33(14-4-1)34-15-11-16-35(29-34)36-17-12-20-40(30-36)50-46-24-10-8-22-42(46)44-28-26-38(32-48(44)50)37-25-27-43-41-21-7-9-23-45(41)49(47(43)31-37)39-18-5-2-6-19-39/h1-32H. The number of rotatable bonds is 5. The van der Waals surface area contributed by atoms with Crippen molar-refractivity contribution in [3.63, 3.8) is 0 Å². The predicted molar refractivity (Wildman–Crippen MR) is 211 cm³/mol. The molecule has 2 nitrogen and oxygen atoms in total. The van der Waals surface area contributed by atoms with E-state index in [1.807, 2.05) is 0 Å². The van der Waals surface area contributed by atoms with Crippen molar-refractivity contribution in [1.29, 1.82) is 0 Å². The van der Waals surface area contributed by atoms with Crippen LogP contribution in [-0.4, -0.2) is 9.13 Å². The molecule has 0 aliphatic carbocycles. The van der Waals surface area contributed by atoms with E-state index in [1.165, 1.54) is 82.7 Å². The number of hydrogen-bond acceptors (Lipinski definition) is 0. The van der Waals surface area contributed by atoms with Crippen LogP contribution in [0.2, 0.25) is 0 Å². The van der Waals surface area contributed by atoms with Crippen molar-refractivity contribution in [1.82, 2.24) is 9.13 Å². The van der Waals surface area contributed by atoms with Crippen LogP contribution in [0, 0.1) is 0 Å². The molecule has 2 aromatic heterocycles. The Balaban J connectivity index is 1.14. The van der Waals surface area contributed by atoms with Crippen molar-refractivity contribution in [3.05, 3.63) is 194 Å². The molecule has 2 heterocycles. The second kappa shape index (κ2) is 11.5. The van der Waals surface area contributed by atoms with E-state index in [9.17, 15) is 0 Å². The number of aromatic nitrogens is 2. The lowest BCUT2D eigenvalue weighted by Gasteiger charge is -2.12. The monoisotopic (exact) mass is 636 g/mol. The molecule has 0 fully saturated rings. The minimum Gasteiger partial charge on any atom is -0.309 e. The van der Waals surface area contributed by atoms with Crippen molar-refractivity contribution >= 4 is 43.6 Å². The largest absolute Gasteiger partial charge is 0.309 e. The summed E-state index contributed by atoms with van der Waals surface area (Å²) in [5.41, 5.74) is 14.4. The Morgan fingerprint density at radius 3 is 1.24 bits per heavy atom. The summed E-state index contributed by atoms with van der Waals surface area (Å²) in [6, 6.07) is 70.4. The summed E-state index contributed by atoms with van der Waals surface area (Å²) in [6.45, 7) is 0. The van der Waals surface area contributed by atoms with Crippen LogP contribution < -0.4 is 0 Å². The maximum atomic E-state index is 2.43. The quantitative estimate of drug-likeness (QED) is 0.178. The van der Waals surface area contributed by atoms with Gasteiger partial charge in [0.2, 0.25) is 0 Å². The minimum absolute atomic E-state index is 1.15. The third-order valence-electron chi connectivity index (χ3n) is 10.1. The van der Waals surface area contributed by atoms with Crippen LogP contribution in [0.15, 0.2) is 194 Å². The fourth-order valence-corrected chi connectivity index (χ4v) is 7.77. The zero-order chi connectivity index (χ0) is 33.0.